The first-order valence-electron chi connectivity index (χ1n) is 5.90. The molecule has 8 heteroatoms. The van der Waals surface area contributed by atoms with Crippen molar-refractivity contribution in [3.63, 3.8) is 0 Å². The first-order chi connectivity index (χ1) is 9.80. The Kier molecular flexibility index (Phi) is 4.73. The molecule has 1 heterocycles. The van der Waals surface area contributed by atoms with E-state index in [2.05, 4.69) is 4.98 Å². The van der Waals surface area contributed by atoms with Crippen LogP contribution in [-0.4, -0.2) is 24.8 Å². The number of rotatable bonds is 4. The molecule has 112 valence electrons. The highest BCUT2D eigenvalue weighted by atomic mass is 35.5. The van der Waals surface area contributed by atoms with Gasteiger partial charge in [0, 0.05) is 25.9 Å². The summed E-state index contributed by atoms with van der Waals surface area (Å²) in [5, 5.41) is 0.774. The van der Waals surface area contributed by atoms with Gasteiger partial charge in [0.05, 0.1) is 14.9 Å². The van der Waals surface area contributed by atoms with Crippen molar-refractivity contribution in [1.82, 2.24) is 9.29 Å². The number of halogens is 2. The lowest BCUT2D eigenvalue weighted by atomic mass is 10.2. The minimum absolute atomic E-state index is 0.0182. The third kappa shape index (κ3) is 3.65. The molecule has 1 aromatic heterocycles. The summed E-state index contributed by atoms with van der Waals surface area (Å²) >= 11 is 11.7. The Bertz CT molecular complexity index is 798. The van der Waals surface area contributed by atoms with Crippen molar-refractivity contribution >= 4 is 33.2 Å². The zero-order valence-corrected chi connectivity index (χ0v) is 13.3. The van der Waals surface area contributed by atoms with Crippen LogP contribution in [0.4, 0.5) is 0 Å². The van der Waals surface area contributed by atoms with Gasteiger partial charge in [-0.3, -0.25) is 4.79 Å². The average Bonchev–Trinajstić information content (AvgIpc) is 2.43. The van der Waals surface area contributed by atoms with Crippen molar-refractivity contribution in [2.24, 2.45) is 0 Å². The molecule has 0 atom stereocenters. The molecule has 21 heavy (non-hydrogen) atoms. The number of aromatic nitrogens is 1. The van der Waals surface area contributed by atoms with Gasteiger partial charge in [0.25, 0.3) is 0 Å². The number of pyridine rings is 1. The van der Waals surface area contributed by atoms with Gasteiger partial charge < -0.3 is 4.98 Å². The third-order valence-corrected chi connectivity index (χ3v) is 5.39. The van der Waals surface area contributed by atoms with Gasteiger partial charge in [-0.2, -0.15) is 4.31 Å². The van der Waals surface area contributed by atoms with Crippen LogP contribution in [0.15, 0.2) is 46.2 Å². The normalized spacial score (nSPS) is 11.8. The van der Waals surface area contributed by atoms with Crippen molar-refractivity contribution in [2.75, 3.05) is 7.05 Å². The molecule has 0 unspecified atom stereocenters. The Labute approximate surface area is 132 Å². The number of hydrogen-bond acceptors (Lipinski definition) is 3. The van der Waals surface area contributed by atoms with E-state index in [4.69, 9.17) is 23.2 Å². The molecule has 0 aliphatic rings. The molecule has 0 amide bonds. The largest absolute Gasteiger partial charge is 0.328 e. The van der Waals surface area contributed by atoms with Crippen LogP contribution in [0.1, 0.15) is 5.56 Å². The van der Waals surface area contributed by atoms with E-state index in [1.807, 2.05) is 0 Å². The highest BCUT2D eigenvalue weighted by Crippen LogP contribution is 2.24. The number of hydrogen-bond donors (Lipinski definition) is 1. The number of aromatic amines is 1. The van der Waals surface area contributed by atoms with Gasteiger partial charge >= 0.3 is 0 Å². The monoisotopic (exact) mass is 346 g/mol. The van der Waals surface area contributed by atoms with Crippen molar-refractivity contribution < 1.29 is 8.42 Å². The van der Waals surface area contributed by atoms with Crippen LogP contribution in [0.5, 0.6) is 0 Å². The maximum atomic E-state index is 12.3. The number of nitrogens with one attached hydrogen (secondary N) is 1. The van der Waals surface area contributed by atoms with Crippen LogP contribution >= 0.6 is 23.2 Å². The molecule has 1 N–H and O–H groups in total. The number of H-pyrrole nitrogens is 1. The maximum absolute atomic E-state index is 12.3. The van der Waals surface area contributed by atoms with E-state index < -0.39 is 10.0 Å². The van der Waals surface area contributed by atoms with Gasteiger partial charge in [-0.15, -0.1) is 0 Å². The molecule has 0 spiro atoms. The van der Waals surface area contributed by atoms with Crippen LogP contribution in [0.3, 0.4) is 0 Å². The molecule has 2 aromatic rings. The fourth-order valence-corrected chi connectivity index (χ4v) is 3.16. The van der Waals surface area contributed by atoms with Gasteiger partial charge in [-0.05, 0) is 23.8 Å². The van der Waals surface area contributed by atoms with E-state index in [-0.39, 0.29) is 17.0 Å². The molecule has 0 bridgehead atoms. The average molecular weight is 347 g/mol. The van der Waals surface area contributed by atoms with Crippen LogP contribution in [-0.2, 0) is 16.6 Å². The van der Waals surface area contributed by atoms with Gasteiger partial charge in [-0.1, -0.05) is 29.3 Å². The Morgan fingerprint density at radius 1 is 1.14 bits per heavy atom. The maximum Gasteiger partial charge on any atom is 0.247 e. The lowest BCUT2D eigenvalue weighted by molar-refractivity contribution is 0.466. The lowest BCUT2D eigenvalue weighted by Gasteiger charge is -2.17. The summed E-state index contributed by atoms with van der Waals surface area (Å²) in [5.41, 5.74) is 0.348. The standard InChI is InChI=1S/C13H12Cl2N2O3S/c1-17(8-9-2-4-11(14)12(15)6-9)21(19,20)10-3-5-13(18)16-7-10/h2-7H,8H2,1H3,(H,16,18). The predicted octanol–water partition coefficient (Wildman–Crippen LogP) is 2.50. The van der Waals surface area contributed by atoms with Crippen molar-refractivity contribution in [2.45, 2.75) is 11.4 Å². The first kappa shape index (κ1) is 16.0. The lowest BCUT2D eigenvalue weighted by Crippen LogP contribution is -2.27. The number of benzene rings is 1. The van der Waals surface area contributed by atoms with Crippen LogP contribution in [0.25, 0.3) is 0 Å². The first-order valence-corrected chi connectivity index (χ1v) is 8.09. The highest BCUT2D eigenvalue weighted by Gasteiger charge is 2.21. The molecule has 1 aromatic carbocycles. The summed E-state index contributed by atoms with van der Waals surface area (Å²) in [4.78, 5) is 13.3. The zero-order valence-electron chi connectivity index (χ0n) is 11.0. The second-order valence-electron chi connectivity index (χ2n) is 4.40. The fourth-order valence-electron chi connectivity index (χ4n) is 1.72. The molecule has 0 saturated carbocycles. The molecule has 0 radical (unpaired) electrons. The van der Waals surface area contributed by atoms with Gasteiger partial charge in [0.1, 0.15) is 0 Å². The third-order valence-electron chi connectivity index (χ3n) is 2.85. The number of nitrogens with zero attached hydrogens (tertiary/aromatic N) is 1. The Balaban J connectivity index is 2.26. The van der Waals surface area contributed by atoms with Crippen LogP contribution < -0.4 is 5.56 Å². The van der Waals surface area contributed by atoms with Crippen molar-refractivity contribution in [3.8, 4) is 0 Å². The van der Waals surface area contributed by atoms with E-state index >= 15 is 0 Å². The van der Waals surface area contributed by atoms with Gasteiger partial charge in [0.15, 0.2) is 0 Å². The molecular weight excluding hydrogens is 335 g/mol. The minimum Gasteiger partial charge on any atom is -0.328 e. The quantitative estimate of drug-likeness (QED) is 0.924. The molecule has 5 nitrogen and oxygen atoms in total. The van der Waals surface area contributed by atoms with E-state index in [1.165, 1.54) is 29.7 Å². The molecule has 2 rings (SSSR count). The summed E-state index contributed by atoms with van der Waals surface area (Å²) in [7, 11) is -2.24. The van der Waals surface area contributed by atoms with Crippen molar-refractivity contribution in [3.05, 3.63) is 62.5 Å². The van der Waals surface area contributed by atoms with E-state index in [0.717, 1.165) is 0 Å². The molecular formula is C13H12Cl2N2O3S. The highest BCUT2D eigenvalue weighted by molar-refractivity contribution is 7.89. The zero-order chi connectivity index (χ0) is 15.6. The molecule has 0 aliphatic carbocycles. The summed E-state index contributed by atoms with van der Waals surface area (Å²) < 4.78 is 25.9. The fraction of sp³-hybridized carbons (Fsp3) is 0.154. The van der Waals surface area contributed by atoms with E-state index in [0.29, 0.717) is 15.6 Å². The second kappa shape index (κ2) is 6.19. The SMILES string of the molecule is CN(Cc1ccc(Cl)c(Cl)c1)S(=O)(=O)c1ccc(=O)[nH]c1. The topological polar surface area (TPSA) is 70.2 Å². The van der Waals surface area contributed by atoms with Gasteiger partial charge in [0.2, 0.25) is 15.6 Å². The Morgan fingerprint density at radius 3 is 2.43 bits per heavy atom. The Hall–Kier alpha value is -1.34. The molecule has 0 fully saturated rings. The predicted molar refractivity (Wildman–Crippen MR) is 82.2 cm³/mol. The van der Waals surface area contributed by atoms with E-state index in [9.17, 15) is 13.2 Å². The number of sulfonamides is 1. The van der Waals surface area contributed by atoms with E-state index in [1.54, 1.807) is 18.2 Å². The van der Waals surface area contributed by atoms with Crippen molar-refractivity contribution in [1.29, 1.82) is 0 Å². The molecule has 0 aliphatic heterocycles. The summed E-state index contributed by atoms with van der Waals surface area (Å²) in [6.45, 7) is 0.137. The second-order valence-corrected chi connectivity index (χ2v) is 7.26. The minimum atomic E-state index is -3.69. The molecule has 0 saturated heterocycles. The Morgan fingerprint density at radius 2 is 1.86 bits per heavy atom. The smallest absolute Gasteiger partial charge is 0.247 e. The summed E-state index contributed by atoms with van der Waals surface area (Å²) in [6.07, 6.45) is 1.17. The van der Waals surface area contributed by atoms with Gasteiger partial charge in [-0.25, -0.2) is 8.42 Å². The van der Waals surface area contributed by atoms with Crippen LogP contribution in [0.2, 0.25) is 10.0 Å². The summed E-state index contributed by atoms with van der Waals surface area (Å²) in [6, 6.07) is 7.36. The van der Waals surface area contributed by atoms with Crippen LogP contribution in [0, 0.1) is 0 Å². The summed E-state index contributed by atoms with van der Waals surface area (Å²) in [5.74, 6) is 0.